The van der Waals surface area contributed by atoms with Gasteiger partial charge in [0.15, 0.2) is 23.6 Å². The number of ether oxygens (including phenoxy) is 2. The highest BCUT2D eigenvalue weighted by atomic mass is 16.7. The molecule has 0 saturated carbocycles. The van der Waals surface area contributed by atoms with Crippen molar-refractivity contribution in [3.63, 3.8) is 0 Å². The molecular formula is C22H18N6O5. The number of fused-ring (bicyclic) bond motifs is 2. The van der Waals surface area contributed by atoms with Crippen LogP contribution in [0.15, 0.2) is 51.3 Å². The Labute approximate surface area is 187 Å². The molecule has 0 N–H and O–H groups in total. The fourth-order valence-corrected chi connectivity index (χ4v) is 4.08. The van der Waals surface area contributed by atoms with Crippen molar-refractivity contribution in [3.05, 3.63) is 53.4 Å². The van der Waals surface area contributed by atoms with Crippen LogP contribution in [0, 0.1) is 13.8 Å². The number of hydrogen-bond donors (Lipinski definition) is 0. The van der Waals surface area contributed by atoms with Gasteiger partial charge < -0.3 is 14.0 Å². The van der Waals surface area contributed by atoms with Crippen LogP contribution in [0.3, 0.4) is 0 Å². The van der Waals surface area contributed by atoms with Crippen molar-refractivity contribution >= 4 is 17.5 Å². The van der Waals surface area contributed by atoms with E-state index in [9.17, 15) is 9.59 Å². The number of rotatable bonds is 4. The van der Waals surface area contributed by atoms with Crippen LogP contribution < -0.4 is 14.4 Å². The number of hydrogen-bond acceptors (Lipinski definition) is 10. The number of benzene rings is 2. The largest absolute Gasteiger partial charge is 0.454 e. The SMILES string of the molecule is Cc1ccc(N2C(=O)C3N=NN(Cc4nc(-c5ccc6c(c5)OCO6)no4)C3C2=O)cc1C. The zero-order valence-corrected chi connectivity index (χ0v) is 17.8. The second kappa shape index (κ2) is 7.12. The summed E-state index contributed by atoms with van der Waals surface area (Å²) in [6.45, 7) is 4.12. The molecule has 2 unspecified atom stereocenters. The Kier molecular flexibility index (Phi) is 4.19. The van der Waals surface area contributed by atoms with E-state index in [1.807, 2.05) is 26.0 Å². The topological polar surface area (TPSA) is 123 Å². The van der Waals surface area contributed by atoms with Gasteiger partial charge in [-0.3, -0.25) is 14.6 Å². The molecule has 2 amide bonds. The molecule has 11 nitrogen and oxygen atoms in total. The van der Waals surface area contributed by atoms with Crippen LogP contribution in [0.4, 0.5) is 5.69 Å². The predicted molar refractivity (Wildman–Crippen MR) is 112 cm³/mol. The van der Waals surface area contributed by atoms with Gasteiger partial charge in [-0.15, -0.1) is 0 Å². The maximum absolute atomic E-state index is 13.2. The summed E-state index contributed by atoms with van der Waals surface area (Å²) in [6.07, 6.45) is 0. The summed E-state index contributed by atoms with van der Waals surface area (Å²) >= 11 is 0. The van der Waals surface area contributed by atoms with E-state index in [1.54, 1.807) is 24.3 Å². The quantitative estimate of drug-likeness (QED) is 0.561. The number of carbonyl (C=O) groups is 2. The average molecular weight is 446 g/mol. The second-order valence-corrected chi connectivity index (χ2v) is 8.05. The van der Waals surface area contributed by atoms with Crippen LogP contribution in [0.25, 0.3) is 11.4 Å². The molecule has 0 bridgehead atoms. The summed E-state index contributed by atoms with van der Waals surface area (Å²) < 4.78 is 16.1. The van der Waals surface area contributed by atoms with E-state index in [0.717, 1.165) is 11.1 Å². The summed E-state index contributed by atoms with van der Waals surface area (Å²) in [7, 11) is 0. The van der Waals surface area contributed by atoms with E-state index in [4.69, 9.17) is 14.0 Å². The number of nitrogens with zero attached hydrogens (tertiary/aromatic N) is 6. The van der Waals surface area contributed by atoms with Crippen LogP contribution in [0.5, 0.6) is 11.5 Å². The van der Waals surface area contributed by atoms with Gasteiger partial charge in [-0.2, -0.15) is 10.1 Å². The molecule has 11 heteroatoms. The van der Waals surface area contributed by atoms with E-state index in [2.05, 4.69) is 20.5 Å². The molecule has 1 fully saturated rings. The molecule has 4 heterocycles. The lowest BCUT2D eigenvalue weighted by atomic mass is 10.1. The molecule has 3 aromatic rings. The minimum Gasteiger partial charge on any atom is -0.454 e. The summed E-state index contributed by atoms with van der Waals surface area (Å²) in [4.78, 5) is 31.7. The van der Waals surface area contributed by atoms with Crippen LogP contribution in [0.2, 0.25) is 0 Å². The van der Waals surface area contributed by atoms with Gasteiger partial charge in [0.1, 0.15) is 6.54 Å². The summed E-state index contributed by atoms with van der Waals surface area (Å²) in [5.74, 6) is 1.09. The van der Waals surface area contributed by atoms with E-state index in [-0.39, 0.29) is 25.1 Å². The molecule has 166 valence electrons. The van der Waals surface area contributed by atoms with Gasteiger partial charge in [0.2, 0.25) is 18.5 Å². The third kappa shape index (κ3) is 3.04. The number of imide groups is 1. The monoisotopic (exact) mass is 446 g/mol. The molecule has 0 spiro atoms. The number of aryl methyl sites for hydroxylation is 2. The number of amides is 2. The minimum absolute atomic E-state index is 0.0437. The maximum atomic E-state index is 13.2. The average Bonchev–Trinajstić information content (AvgIpc) is 3.57. The maximum Gasteiger partial charge on any atom is 0.263 e. The van der Waals surface area contributed by atoms with Gasteiger partial charge in [0.05, 0.1) is 5.69 Å². The lowest BCUT2D eigenvalue weighted by molar-refractivity contribution is -0.123. The van der Waals surface area contributed by atoms with E-state index in [1.165, 1.54) is 9.91 Å². The lowest BCUT2D eigenvalue weighted by Gasteiger charge is -2.19. The standard InChI is InChI=1S/C22H18N6O5/c1-11-3-5-14(7-12(11)2)28-21(29)18-19(22(28)30)27(26-24-18)9-17-23-20(25-33-17)13-4-6-15-16(8-13)32-10-31-15/h3-8,18-19H,9-10H2,1-2H3. The molecule has 1 aromatic heterocycles. The van der Waals surface area contributed by atoms with Crippen molar-refractivity contribution in [2.45, 2.75) is 32.5 Å². The summed E-state index contributed by atoms with van der Waals surface area (Å²) in [5.41, 5.74) is 3.29. The molecule has 1 saturated heterocycles. The Morgan fingerprint density at radius 3 is 2.70 bits per heavy atom. The first-order valence-electron chi connectivity index (χ1n) is 10.3. The van der Waals surface area contributed by atoms with Crippen LogP contribution in [-0.4, -0.2) is 45.8 Å². The Morgan fingerprint density at radius 1 is 1.00 bits per heavy atom. The summed E-state index contributed by atoms with van der Waals surface area (Å²) in [5, 5.41) is 13.5. The van der Waals surface area contributed by atoms with E-state index in [0.29, 0.717) is 28.6 Å². The smallest absolute Gasteiger partial charge is 0.263 e. The first-order chi connectivity index (χ1) is 16.0. The van der Waals surface area contributed by atoms with Gasteiger partial charge in [-0.25, -0.2) is 4.90 Å². The molecule has 2 aromatic carbocycles. The van der Waals surface area contributed by atoms with E-state index < -0.39 is 18.0 Å². The van der Waals surface area contributed by atoms with Crippen molar-refractivity contribution in [3.8, 4) is 22.9 Å². The van der Waals surface area contributed by atoms with Gasteiger partial charge in [0.25, 0.3) is 11.8 Å². The second-order valence-electron chi connectivity index (χ2n) is 8.05. The third-order valence-electron chi connectivity index (χ3n) is 6.00. The van der Waals surface area contributed by atoms with Crippen LogP contribution >= 0.6 is 0 Å². The highest BCUT2D eigenvalue weighted by Gasteiger charge is 2.55. The number of aromatic nitrogens is 2. The van der Waals surface area contributed by atoms with Crippen LogP contribution in [0.1, 0.15) is 17.0 Å². The Balaban J connectivity index is 1.22. The number of carbonyl (C=O) groups excluding carboxylic acids is 2. The Hall–Kier alpha value is -4.28. The fourth-order valence-electron chi connectivity index (χ4n) is 4.08. The van der Waals surface area contributed by atoms with Gasteiger partial charge >= 0.3 is 0 Å². The molecule has 2 atom stereocenters. The molecule has 6 rings (SSSR count). The Bertz CT molecular complexity index is 1330. The highest BCUT2D eigenvalue weighted by Crippen LogP contribution is 2.36. The molecule has 3 aliphatic rings. The van der Waals surface area contributed by atoms with Gasteiger partial charge in [0, 0.05) is 5.56 Å². The molecular weight excluding hydrogens is 428 g/mol. The first kappa shape index (κ1) is 19.4. The lowest BCUT2D eigenvalue weighted by Crippen LogP contribution is -2.39. The normalized spacial score (nSPS) is 20.8. The summed E-state index contributed by atoms with van der Waals surface area (Å²) in [6, 6.07) is 9.07. The third-order valence-corrected chi connectivity index (χ3v) is 6.00. The van der Waals surface area contributed by atoms with Crippen molar-refractivity contribution in [2.24, 2.45) is 10.3 Å². The van der Waals surface area contributed by atoms with Crippen molar-refractivity contribution in [2.75, 3.05) is 11.7 Å². The van der Waals surface area contributed by atoms with Crippen molar-refractivity contribution in [1.82, 2.24) is 15.1 Å². The molecule has 0 radical (unpaired) electrons. The zero-order valence-electron chi connectivity index (χ0n) is 17.8. The van der Waals surface area contributed by atoms with Crippen molar-refractivity contribution < 1.29 is 23.6 Å². The fraction of sp³-hybridized carbons (Fsp3) is 0.273. The van der Waals surface area contributed by atoms with E-state index >= 15 is 0 Å². The Morgan fingerprint density at radius 2 is 1.85 bits per heavy atom. The predicted octanol–water partition coefficient (Wildman–Crippen LogP) is 2.58. The first-order valence-corrected chi connectivity index (χ1v) is 10.3. The minimum atomic E-state index is -0.893. The molecule has 33 heavy (non-hydrogen) atoms. The zero-order chi connectivity index (χ0) is 22.7. The molecule has 0 aliphatic carbocycles. The molecule has 3 aliphatic heterocycles. The van der Waals surface area contributed by atoms with Crippen LogP contribution in [-0.2, 0) is 16.1 Å². The van der Waals surface area contributed by atoms with Gasteiger partial charge in [-0.1, -0.05) is 16.4 Å². The number of anilines is 1. The van der Waals surface area contributed by atoms with Crippen molar-refractivity contribution in [1.29, 1.82) is 0 Å². The highest BCUT2D eigenvalue weighted by molar-refractivity contribution is 6.25. The van der Waals surface area contributed by atoms with Gasteiger partial charge in [-0.05, 0) is 55.3 Å².